The summed E-state index contributed by atoms with van der Waals surface area (Å²) in [5, 5.41) is 4.07. The minimum absolute atomic E-state index is 0.0411. The Labute approximate surface area is 88.2 Å². The van der Waals surface area contributed by atoms with Crippen molar-refractivity contribution >= 4 is 5.78 Å². The maximum Gasteiger partial charge on any atom is 0.187 e. The summed E-state index contributed by atoms with van der Waals surface area (Å²) in [6.07, 6.45) is 1.64. The number of ether oxygens (including phenoxy) is 1. The molecule has 2 atom stereocenters. The zero-order chi connectivity index (χ0) is 10.8. The fourth-order valence-corrected chi connectivity index (χ4v) is 1.82. The fraction of sp³-hybridized carbons (Fsp3) is 0.600. The number of aryl methyl sites for hydroxylation is 1. The Balaban J connectivity index is 2.20. The van der Waals surface area contributed by atoms with Gasteiger partial charge in [0.25, 0.3) is 0 Å². The third-order valence-electron chi connectivity index (χ3n) is 2.73. The molecule has 2 N–H and O–H groups in total. The van der Waals surface area contributed by atoms with E-state index in [1.807, 2.05) is 6.92 Å². The molecule has 5 heteroatoms. The monoisotopic (exact) mass is 209 g/mol. The summed E-state index contributed by atoms with van der Waals surface area (Å²) in [5.74, 6) is -0.175. The first-order valence-electron chi connectivity index (χ1n) is 5.13. The maximum atomic E-state index is 12.1. The predicted molar refractivity (Wildman–Crippen MR) is 54.5 cm³/mol. The molecular weight excluding hydrogens is 194 g/mol. The summed E-state index contributed by atoms with van der Waals surface area (Å²) in [5.41, 5.74) is 6.43. The summed E-state index contributed by atoms with van der Waals surface area (Å²) in [4.78, 5) is 12.1. The lowest BCUT2D eigenvalue weighted by atomic mass is 9.97. The number of Topliss-reactive ketones (excluding diaryl/α,β-unsaturated/α-hetero) is 1. The molecule has 2 heterocycles. The Morgan fingerprint density at radius 1 is 1.73 bits per heavy atom. The van der Waals surface area contributed by atoms with Crippen molar-refractivity contribution < 1.29 is 9.53 Å². The standard InChI is InChI=1S/C10H15N3O2/c1-2-13-9(3-4-12-13)10(14)7-5-15-6-8(7)11/h3-4,7-8H,2,5-6,11H2,1H3. The normalized spacial score (nSPS) is 25.7. The number of carbonyl (C=O) groups excluding carboxylic acids is 1. The Hall–Kier alpha value is -1.20. The van der Waals surface area contributed by atoms with Gasteiger partial charge in [0.2, 0.25) is 0 Å². The van der Waals surface area contributed by atoms with E-state index < -0.39 is 0 Å². The van der Waals surface area contributed by atoms with E-state index in [-0.39, 0.29) is 17.7 Å². The molecule has 0 saturated carbocycles. The molecule has 1 fully saturated rings. The molecule has 1 aromatic rings. The van der Waals surface area contributed by atoms with Crippen LogP contribution in [0.2, 0.25) is 0 Å². The van der Waals surface area contributed by atoms with Crippen LogP contribution < -0.4 is 5.73 Å². The zero-order valence-corrected chi connectivity index (χ0v) is 8.72. The molecule has 0 radical (unpaired) electrons. The molecule has 2 rings (SSSR count). The van der Waals surface area contributed by atoms with Crippen LogP contribution in [0.25, 0.3) is 0 Å². The molecule has 0 aliphatic carbocycles. The molecule has 2 unspecified atom stereocenters. The molecule has 15 heavy (non-hydrogen) atoms. The molecular formula is C10H15N3O2. The first-order valence-corrected chi connectivity index (χ1v) is 5.13. The highest BCUT2D eigenvalue weighted by Crippen LogP contribution is 2.17. The van der Waals surface area contributed by atoms with Crippen molar-refractivity contribution in [2.24, 2.45) is 11.7 Å². The van der Waals surface area contributed by atoms with E-state index in [2.05, 4.69) is 5.10 Å². The highest BCUT2D eigenvalue weighted by Gasteiger charge is 2.33. The smallest absolute Gasteiger partial charge is 0.187 e. The van der Waals surface area contributed by atoms with E-state index in [1.165, 1.54) is 0 Å². The van der Waals surface area contributed by atoms with Gasteiger partial charge in [-0.15, -0.1) is 0 Å². The van der Waals surface area contributed by atoms with E-state index in [1.54, 1.807) is 16.9 Å². The third kappa shape index (κ3) is 1.80. The van der Waals surface area contributed by atoms with Gasteiger partial charge in [-0.25, -0.2) is 0 Å². The van der Waals surface area contributed by atoms with E-state index in [9.17, 15) is 4.79 Å². The summed E-state index contributed by atoms with van der Waals surface area (Å²) in [6.45, 7) is 3.54. The lowest BCUT2D eigenvalue weighted by Crippen LogP contribution is -2.35. The van der Waals surface area contributed by atoms with Crippen LogP contribution in [-0.4, -0.2) is 34.8 Å². The fourth-order valence-electron chi connectivity index (χ4n) is 1.82. The van der Waals surface area contributed by atoms with Crippen LogP contribution in [0.3, 0.4) is 0 Å². The molecule has 1 saturated heterocycles. The number of aromatic nitrogens is 2. The second-order valence-electron chi connectivity index (χ2n) is 3.70. The Bertz CT molecular complexity index is 361. The SMILES string of the molecule is CCn1nccc1C(=O)C1COCC1N. The molecule has 1 aliphatic heterocycles. The first-order chi connectivity index (χ1) is 7.24. The molecule has 0 bridgehead atoms. The number of ketones is 1. The number of nitrogens with two attached hydrogens (primary N) is 1. The van der Waals surface area contributed by atoms with Crippen molar-refractivity contribution in [3.05, 3.63) is 18.0 Å². The minimum atomic E-state index is -0.216. The molecule has 5 nitrogen and oxygen atoms in total. The summed E-state index contributed by atoms with van der Waals surface area (Å²) in [7, 11) is 0. The second-order valence-corrected chi connectivity index (χ2v) is 3.70. The van der Waals surface area contributed by atoms with Crippen LogP contribution in [0, 0.1) is 5.92 Å². The summed E-state index contributed by atoms with van der Waals surface area (Å²) >= 11 is 0. The van der Waals surface area contributed by atoms with Gasteiger partial charge in [0.1, 0.15) is 5.69 Å². The van der Waals surface area contributed by atoms with Gasteiger partial charge in [0.15, 0.2) is 5.78 Å². The van der Waals surface area contributed by atoms with Crippen LogP contribution in [0.5, 0.6) is 0 Å². The highest BCUT2D eigenvalue weighted by atomic mass is 16.5. The average molecular weight is 209 g/mol. The lowest BCUT2D eigenvalue weighted by Gasteiger charge is -2.12. The molecule has 0 aromatic carbocycles. The maximum absolute atomic E-state index is 12.1. The van der Waals surface area contributed by atoms with Crippen molar-refractivity contribution in [3.63, 3.8) is 0 Å². The van der Waals surface area contributed by atoms with Crippen molar-refractivity contribution in [2.75, 3.05) is 13.2 Å². The molecule has 82 valence electrons. The van der Waals surface area contributed by atoms with Gasteiger partial charge in [0, 0.05) is 18.8 Å². The quantitative estimate of drug-likeness (QED) is 0.715. The Morgan fingerprint density at radius 2 is 2.53 bits per heavy atom. The molecule has 1 aliphatic rings. The first kappa shape index (κ1) is 10.3. The summed E-state index contributed by atoms with van der Waals surface area (Å²) in [6, 6.07) is 1.55. The molecule has 1 aromatic heterocycles. The topological polar surface area (TPSA) is 70.1 Å². The third-order valence-corrected chi connectivity index (χ3v) is 2.73. The van der Waals surface area contributed by atoms with Crippen molar-refractivity contribution in [1.29, 1.82) is 0 Å². The van der Waals surface area contributed by atoms with E-state index in [0.717, 1.165) is 0 Å². The van der Waals surface area contributed by atoms with Crippen LogP contribution in [0.1, 0.15) is 17.4 Å². The second kappa shape index (κ2) is 4.12. The highest BCUT2D eigenvalue weighted by molar-refractivity contribution is 5.97. The number of carbonyl (C=O) groups is 1. The van der Waals surface area contributed by atoms with Gasteiger partial charge in [-0.05, 0) is 13.0 Å². The minimum Gasteiger partial charge on any atom is -0.379 e. The van der Waals surface area contributed by atoms with Crippen molar-refractivity contribution in [1.82, 2.24) is 9.78 Å². The van der Waals surface area contributed by atoms with E-state index in [0.29, 0.717) is 25.5 Å². The molecule has 0 spiro atoms. The van der Waals surface area contributed by atoms with Gasteiger partial charge in [0.05, 0.1) is 19.1 Å². The van der Waals surface area contributed by atoms with Crippen molar-refractivity contribution in [2.45, 2.75) is 19.5 Å². The van der Waals surface area contributed by atoms with Gasteiger partial charge in [-0.3, -0.25) is 9.48 Å². The van der Waals surface area contributed by atoms with Gasteiger partial charge in [-0.1, -0.05) is 0 Å². The average Bonchev–Trinajstić information content (AvgIpc) is 2.84. The Kier molecular flexibility index (Phi) is 2.83. The lowest BCUT2D eigenvalue weighted by molar-refractivity contribution is 0.0885. The van der Waals surface area contributed by atoms with Crippen LogP contribution in [0.15, 0.2) is 12.3 Å². The number of hydrogen-bond donors (Lipinski definition) is 1. The van der Waals surface area contributed by atoms with Gasteiger partial charge in [-0.2, -0.15) is 5.10 Å². The van der Waals surface area contributed by atoms with E-state index >= 15 is 0 Å². The van der Waals surface area contributed by atoms with Crippen LogP contribution in [0.4, 0.5) is 0 Å². The van der Waals surface area contributed by atoms with Crippen molar-refractivity contribution in [3.8, 4) is 0 Å². The number of rotatable bonds is 3. The number of hydrogen-bond acceptors (Lipinski definition) is 4. The number of nitrogens with zero attached hydrogens (tertiary/aromatic N) is 2. The zero-order valence-electron chi connectivity index (χ0n) is 8.72. The molecule has 0 amide bonds. The summed E-state index contributed by atoms with van der Waals surface area (Å²) < 4.78 is 6.87. The van der Waals surface area contributed by atoms with E-state index in [4.69, 9.17) is 10.5 Å². The van der Waals surface area contributed by atoms with Gasteiger partial charge < -0.3 is 10.5 Å². The van der Waals surface area contributed by atoms with Gasteiger partial charge >= 0.3 is 0 Å². The predicted octanol–water partition coefficient (Wildman–Crippen LogP) is 0.0594. The van der Waals surface area contributed by atoms with Crippen LogP contribution in [-0.2, 0) is 11.3 Å². The van der Waals surface area contributed by atoms with Crippen LogP contribution >= 0.6 is 0 Å². The largest absolute Gasteiger partial charge is 0.379 e. The Morgan fingerprint density at radius 3 is 3.13 bits per heavy atom.